The van der Waals surface area contributed by atoms with E-state index in [1.165, 1.54) is 0 Å². The van der Waals surface area contributed by atoms with Crippen LogP contribution in [0.4, 0.5) is 0 Å². The normalized spacial score (nSPS) is 20.9. The van der Waals surface area contributed by atoms with Gasteiger partial charge in [-0.1, -0.05) is 23.7 Å². The first kappa shape index (κ1) is 9.49. The fourth-order valence-corrected chi connectivity index (χ4v) is 1.74. The molecule has 2 rings (SSSR count). The average Bonchev–Trinajstić information content (AvgIpc) is 2.17. The Morgan fingerprint density at radius 3 is 2.93 bits per heavy atom. The molecule has 1 saturated heterocycles. The highest BCUT2D eigenvalue weighted by Crippen LogP contribution is 2.16. The van der Waals surface area contributed by atoms with Crippen molar-refractivity contribution < 1.29 is 4.79 Å². The molecule has 1 heterocycles. The lowest BCUT2D eigenvalue weighted by atomic mass is 10.1. The monoisotopic (exact) mass is 210 g/mol. The summed E-state index contributed by atoms with van der Waals surface area (Å²) in [5, 5.41) is 0.694. The van der Waals surface area contributed by atoms with Crippen LogP contribution in [0.15, 0.2) is 24.3 Å². The molecule has 0 saturated carbocycles. The molecule has 1 aromatic rings. The van der Waals surface area contributed by atoms with Crippen molar-refractivity contribution in [2.75, 3.05) is 6.54 Å². The molecule has 0 spiro atoms. The molecular weight excluding hydrogens is 200 g/mol. The van der Waals surface area contributed by atoms with Crippen LogP contribution in [-0.4, -0.2) is 23.4 Å². The third-order valence-corrected chi connectivity index (χ3v) is 2.54. The summed E-state index contributed by atoms with van der Waals surface area (Å²) >= 11 is 5.83. The van der Waals surface area contributed by atoms with Crippen LogP contribution in [-0.2, 0) is 11.3 Å². The van der Waals surface area contributed by atoms with Gasteiger partial charge in [0.2, 0.25) is 5.91 Å². The Kier molecular flexibility index (Phi) is 2.44. The molecule has 4 heteroatoms. The average molecular weight is 211 g/mol. The molecule has 14 heavy (non-hydrogen) atoms. The van der Waals surface area contributed by atoms with E-state index < -0.39 is 0 Å². The molecule has 0 radical (unpaired) electrons. The number of carbonyl (C=O) groups excluding carboxylic acids is 1. The van der Waals surface area contributed by atoms with E-state index in [0.29, 0.717) is 18.1 Å². The van der Waals surface area contributed by atoms with Gasteiger partial charge >= 0.3 is 0 Å². The van der Waals surface area contributed by atoms with Crippen molar-refractivity contribution in [2.45, 2.75) is 12.6 Å². The standard InChI is InChI=1S/C10H11ClN2O/c11-8-3-1-2-7(4-8)5-13-6-9(12)10(13)14/h1-4,9H,5-6,12H2. The topological polar surface area (TPSA) is 46.3 Å². The van der Waals surface area contributed by atoms with Gasteiger partial charge < -0.3 is 10.6 Å². The first-order valence-corrected chi connectivity index (χ1v) is 4.83. The molecule has 1 aromatic carbocycles. The Bertz CT molecular complexity index is 367. The van der Waals surface area contributed by atoms with Gasteiger partial charge in [-0.3, -0.25) is 4.79 Å². The van der Waals surface area contributed by atoms with Gasteiger partial charge in [0, 0.05) is 18.1 Å². The molecule has 1 amide bonds. The van der Waals surface area contributed by atoms with Crippen LogP contribution >= 0.6 is 11.6 Å². The van der Waals surface area contributed by atoms with E-state index in [-0.39, 0.29) is 11.9 Å². The molecule has 3 nitrogen and oxygen atoms in total. The zero-order valence-electron chi connectivity index (χ0n) is 7.61. The Morgan fingerprint density at radius 2 is 2.36 bits per heavy atom. The largest absolute Gasteiger partial charge is 0.335 e. The van der Waals surface area contributed by atoms with Gasteiger partial charge in [0.25, 0.3) is 0 Å². The molecule has 1 fully saturated rings. The van der Waals surface area contributed by atoms with Gasteiger partial charge in [-0.05, 0) is 17.7 Å². The van der Waals surface area contributed by atoms with Crippen molar-refractivity contribution in [3.63, 3.8) is 0 Å². The fourth-order valence-electron chi connectivity index (χ4n) is 1.53. The van der Waals surface area contributed by atoms with Crippen LogP contribution in [0.1, 0.15) is 5.56 Å². The summed E-state index contributed by atoms with van der Waals surface area (Å²) in [6.45, 7) is 1.25. The lowest BCUT2D eigenvalue weighted by molar-refractivity contribution is -0.143. The number of carbonyl (C=O) groups is 1. The number of nitrogens with zero attached hydrogens (tertiary/aromatic N) is 1. The molecule has 1 aliphatic rings. The highest BCUT2D eigenvalue weighted by molar-refractivity contribution is 6.30. The van der Waals surface area contributed by atoms with Crippen molar-refractivity contribution in [2.24, 2.45) is 5.73 Å². The second-order valence-corrected chi connectivity index (χ2v) is 3.89. The minimum Gasteiger partial charge on any atom is -0.335 e. The summed E-state index contributed by atoms with van der Waals surface area (Å²) in [5.74, 6) is 0.0185. The number of benzene rings is 1. The second kappa shape index (κ2) is 3.59. The first-order valence-electron chi connectivity index (χ1n) is 4.45. The van der Waals surface area contributed by atoms with Gasteiger partial charge in [-0.15, -0.1) is 0 Å². The predicted octanol–water partition coefficient (Wildman–Crippen LogP) is 1.01. The van der Waals surface area contributed by atoms with Crippen LogP contribution in [0.3, 0.4) is 0 Å². The maximum Gasteiger partial charge on any atom is 0.241 e. The van der Waals surface area contributed by atoms with E-state index in [0.717, 1.165) is 5.56 Å². The van der Waals surface area contributed by atoms with Gasteiger partial charge in [0.1, 0.15) is 6.04 Å². The molecule has 0 aromatic heterocycles. The van der Waals surface area contributed by atoms with E-state index in [9.17, 15) is 4.79 Å². The van der Waals surface area contributed by atoms with Crippen molar-refractivity contribution in [3.8, 4) is 0 Å². The van der Waals surface area contributed by atoms with E-state index in [4.69, 9.17) is 17.3 Å². The molecule has 1 unspecified atom stereocenters. The Balaban J connectivity index is 2.02. The zero-order valence-corrected chi connectivity index (χ0v) is 8.37. The van der Waals surface area contributed by atoms with Crippen molar-refractivity contribution in [1.29, 1.82) is 0 Å². The predicted molar refractivity (Wildman–Crippen MR) is 54.8 cm³/mol. The third-order valence-electron chi connectivity index (χ3n) is 2.31. The van der Waals surface area contributed by atoms with Crippen molar-refractivity contribution >= 4 is 17.5 Å². The number of halogens is 1. The smallest absolute Gasteiger partial charge is 0.241 e. The SMILES string of the molecule is NC1CN(Cc2cccc(Cl)c2)C1=O. The first-order chi connectivity index (χ1) is 6.66. The minimum absolute atomic E-state index is 0.0185. The number of rotatable bonds is 2. The van der Waals surface area contributed by atoms with E-state index in [1.807, 2.05) is 24.3 Å². The molecular formula is C10H11ClN2O. The van der Waals surface area contributed by atoms with Crippen molar-refractivity contribution in [1.82, 2.24) is 4.90 Å². The van der Waals surface area contributed by atoms with Gasteiger partial charge in [-0.2, -0.15) is 0 Å². The highest BCUT2D eigenvalue weighted by atomic mass is 35.5. The van der Waals surface area contributed by atoms with E-state index in [1.54, 1.807) is 4.90 Å². The molecule has 2 N–H and O–H groups in total. The summed E-state index contributed by atoms with van der Waals surface area (Å²) < 4.78 is 0. The third kappa shape index (κ3) is 1.74. The van der Waals surface area contributed by atoms with Crippen LogP contribution in [0.5, 0.6) is 0 Å². The maximum atomic E-state index is 11.2. The molecule has 1 aliphatic heterocycles. The maximum absolute atomic E-state index is 11.2. The number of β-lactam (4-membered cyclic amide) rings is 1. The number of nitrogens with two attached hydrogens (primary N) is 1. The quantitative estimate of drug-likeness (QED) is 0.741. The number of hydrogen-bond donors (Lipinski definition) is 1. The lowest BCUT2D eigenvalue weighted by Gasteiger charge is -2.36. The molecule has 0 aliphatic carbocycles. The Morgan fingerprint density at radius 1 is 1.57 bits per heavy atom. The second-order valence-electron chi connectivity index (χ2n) is 3.46. The minimum atomic E-state index is -0.297. The van der Waals surface area contributed by atoms with Crippen LogP contribution in [0, 0.1) is 0 Å². The number of amides is 1. The summed E-state index contributed by atoms with van der Waals surface area (Å²) in [7, 11) is 0. The number of hydrogen-bond acceptors (Lipinski definition) is 2. The van der Waals surface area contributed by atoms with E-state index >= 15 is 0 Å². The number of likely N-dealkylation sites (tertiary alicyclic amines) is 1. The highest BCUT2D eigenvalue weighted by Gasteiger charge is 2.32. The molecule has 0 bridgehead atoms. The van der Waals surface area contributed by atoms with Crippen molar-refractivity contribution in [3.05, 3.63) is 34.9 Å². The van der Waals surface area contributed by atoms with Gasteiger partial charge in [0.05, 0.1) is 0 Å². The Labute approximate surface area is 87.4 Å². The lowest BCUT2D eigenvalue weighted by Crippen LogP contribution is -2.60. The van der Waals surface area contributed by atoms with Crippen LogP contribution in [0.2, 0.25) is 5.02 Å². The summed E-state index contributed by atoms with van der Waals surface area (Å²) in [5.41, 5.74) is 6.52. The summed E-state index contributed by atoms with van der Waals surface area (Å²) in [4.78, 5) is 12.9. The summed E-state index contributed by atoms with van der Waals surface area (Å²) in [6.07, 6.45) is 0. The van der Waals surface area contributed by atoms with Crippen LogP contribution in [0.25, 0.3) is 0 Å². The zero-order chi connectivity index (χ0) is 10.1. The van der Waals surface area contributed by atoms with Crippen LogP contribution < -0.4 is 5.73 Å². The van der Waals surface area contributed by atoms with E-state index in [2.05, 4.69) is 0 Å². The fraction of sp³-hybridized carbons (Fsp3) is 0.300. The molecule has 1 atom stereocenters. The van der Waals surface area contributed by atoms with Gasteiger partial charge in [0.15, 0.2) is 0 Å². The molecule has 74 valence electrons. The Hall–Kier alpha value is -1.06. The van der Waals surface area contributed by atoms with Gasteiger partial charge in [-0.25, -0.2) is 0 Å². The summed E-state index contributed by atoms with van der Waals surface area (Å²) in [6, 6.07) is 7.20.